The molecule has 0 fully saturated rings. The number of hydrogen-bond acceptors (Lipinski definition) is 4. The van der Waals surface area contributed by atoms with Gasteiger partial charge in [0, 0.05) is 32.2 Å². The van der Waals surface area contributed by atoms with E-state index in [9.17, 15) is 9.18 Å². The lowest BCUT2D eigenvalue weighted by molar-refractivity contribution is 0.102. The number of hydrogen-bond donors (Lipinski definition) is 1. The molecule has 0 unspecified atom stereocenters. The fourth-order valence-corrected chi connectivity index (χ4v) is 2.28. The maximum absolute atomic E-state index is 13.4. The summed E-state index contributed by atoms with van der Waals surface area (Å²) in [6.07, 6.45) is 3.46. The Morgan fingerprint density at radius 1 is 1.29 bits per heavy atom. The normalized spacial score (nSPS) is 10.4. The Kier molecular flexibility index (Phi) is 3.88. The van der Waals surface area contributed by atoms with Gasteiger partial charge in [0.25, 0.3) is 5.91 Å². The molecule has 0 bridgehead atoms. The van der Waals surface area contributed by atoms with Crippen LogP contribution in [0.1, 0.15) is 16.1 Å². The highest BCUT2D eigenvalue weighted by Crippen LogP contribution is 2.17. The molecule has 0 aliphatic carbocycles. The van der Waals surface area contributed by atoms with Crippen LogP contribution in [-0.2, 0) is 0 Å². The third kappa shape index (κ3) is 3.03. The van der Waals surface area contributed by atoms with Crippen molar-refractivity contribution in [3.05, 3.63) is 59.8 Å². The maximum atomic E-state index is 13.4. The van der Waals surface area contributed by atoms with Crippen molar-refractivity contribution in [1.82, 2.24) is 9.38 Å². The minimum absolute atomic E-state index is 0.135. The largest absolute Gasteiger partial charge is 0.376 e. The molecule has 0 atom stereocenters. The average molecular weight is 323 g/mol. The molecule has 0 aliphatic heterocycles. The number of imidazole rings is 1. The van der Waals surface area contributed by atoms with E-state index in [1.54, 1.807) is 10.6 Å². The summed E-state index contributed by atoms with van der Waals surface area (Å²) in [5, 5.41) is 11.4. The van der Waals surface area contributed by atoms with Crippen LogP contribution in [0.25, 0.3) is 5.65 Å². The third-order valence-electron chi connectivity index (χ3n) is 3.47. The molecule has 1 N–H and O–H groups in total. The first-order valence-electron chi connectivity index (χ1n) is 7.14. The number of nitrogens with one attached hydrogen (secondary N) is 1. The van der Waals surface area contributed by atoms with Gasteiger partial charge in [0.2, 0.25) is 0 Å². The third-order valence-corrected chi connectivity index (χ3v) is 3.47. The molecular weight excluding hydrogens is 309 g/mol. The van der Waals surface area contributed by atoms with Gasteiger partial charge >= 0.3 is 0 Å². The smallest absolute Gasteiger partial charge is 0.275 e. The van der Waals surface area contributed by atoms with Crippen molar-refractivity contribution >= 4 is 22.9 Å². The molecule has 1 amide bonds. The minimum atomic E-state index is -0.588. The average Bonchev–Trinajstić information content (AvgIpc) is 2.97. The second-order valence-corrected chi connectivity index (χ2v) is 5.47. The highest BCUT2D eigenvalue weighted by atomic mass is 19.1. The molecule has 24 heavy (non-hydrogen) atoms. The number of anilines is 2. The number of amides is 1. The second-order valence-electron chi connectivity index (χ2n) is 5.47. The Bertz CT molecular complexity index is 971. The van der Waals surface area contributed by atoms with Gasteiger partial charge in [0.15, 0.2) is 0 Å². The highest BCUT2D eigenvalue weighted by Gasteiger charge is 2.12. The summed E-state index contributed by atoms with van der Waals surface area (Å²) in [5.41, 5.74) is 2.14. The Labute approximate surface area is 137 Å². The van der Waals surface area contributed by atoms with Gasteiger partial charge in [-0.2, -0.15) is 5.26 Å². The number of fused-ring (bicyclic) bond motifs is 1. The predicted octanol–water partition coefficient (Wildman–Crippen LogP) is 2.66. The SMILES string of the molecule is CN(C)c1ccc2nc(C(=O)Nc3cc(F)cc(C#N)c3)cn2c1. The van der Waals surface area contributed by atoms with Crippen LogP contribution in [0.3, 0.4) is 0 Å². The molecule has 3 aromatic rings. The van der Waals surface area contributed by atoms with E-state index in [0.717, 1.165) is 17.8 Å². The molecule has 3 rings (SSSR count). The van der Waals surface area contributed by atoms with E-state index in [0.29, 0.717) is 5.65 Å². The van der Waals surface area contributed by atoms with Crippen LogP contribution in [-0.4, -0.2) is 29.4 Å². The first kappa shape index (κ1) is 15.5. The molecule has 0 saturated heterocycles. The lowest BCUT2D eigenvalue weighted by atomic mass is 10.2. The summed E-state index contributed by atoms with van der Waals surface area (Å²) < 4.78 is 15.2. The van der Waals surface area contributed by atoms with Crippen LogP contribution < -0.4 is 10.2 Å². The summed E-state index contributed by atoms with van der Waals surface area (Å²) >= 11 is 0. The van der Waals surface area contributed by atoms with Crippen molar-refractivity contribution in [1.29, 1.82) is 5.26 Å². The number of aromatic nitrogens is 2. The first-order valence-corrected chi connectivity index (χ1v) is 7.14. The standard InChI is InChI=1S/C17H14FN5O/c1-22(2)14-3-4-16-21-15(10-23(16)9-14)17(24)20-13-6-11(8-19)5-12(18)7-13/h3-7,9-10H,1-2H3,(H,20,24). The van der Waals surface area contributed by atoms with Crippen LogP contribution >= 0.6 is 0 Å². The molecule has 0 aliphatic rings. The number of carbonyl (C=O) groups is 1. The van der Waals surface area contributed by atoms with Gasteiger partial charge in [-0.3, -0.25) is 4.79 Å². The van der Waals surface area contributed by atoms with Gasteiger partial charge in [0.05, 0.1) is 17.3 Å². The van der Waals surface area contributed by atoms with Crippen LogP contribution in [0.2, 0.25) is 0 Å². The molecule has 6 nitrogen and oxygen atoms in total. The topological polar surface area (TPSA) is 73.4 Å². The molecule has 0 radical (unpaired) electrons. The zero-order valence-corrected chi connectivity index (χ0v) is 13.1. The number of carbonyl (C=O) groups excluding carboxylic acids is 1. The summed E-state index contributed by atoms with van der Waals surface area (Å²) in [6.45, 7) is 0. The van der Waals surface area contributed by atoms with E-state index in [2.05, 4.69) is 10.3 Å². The predicted molar refractivity (Wildman–Crippen MR) is 88.6 cm³/mol. The van der Waals surface area contributed by atoms with Gasteiger partial charge < -0.3 is 14.6 Å². The van der Waals surface area contributed by atoms with E-state index in [1.165, 1.54) is 6.07 Å². The van der Waals surface area contributed by atoms with Crippen LogP contribution in [0.15, 0.2) is 42.7 Å². The van der Waals surface area contributed by atoms with Crippen LogP contribution in [0.4, 0.5) is 15.8 Å². The van der Waals surface area contributed by atoms with Crippen LogP contribution in [0.5, 0.6) is 0 Å². The molecule has 2 aromatic heterocycles. The van der Waals surface area contributed by atoms with Crippen molar-refractivity contribution in [2.75, 3.05) is 24.3 Å². The molecule has 1 aromatic carbocycles. The summed E-state index contributed by atoms with van der Waals surface area (Å²) in [7, 11) is 3.84. The maximum Gasteiger partial charge on any atom is 0.275 e. The number of halogens is 1. The lowest BCUT2D eigenvalue weighted by Crippen LogP contribution is -2.12. The monoisotopic (exact) mass is 323 g/mol. The van der Waals surface area contributed by atoms with Gasteiger partial charge in [-0.05, 0) is 30.3 Å². The fraction of sp³-hybridized carbons (Fsp3) is 0.118. The number of pyridine rings is 1. The van der Waals surface area contributed by atoms with Gasteiger partial charge in [0.1, 0.15) is 17.2 Å². The van der Waals surface area contributed by atoms with E-state index in [1.807, 2.05) is 43.4 Å². The van der Waals surface area contributed by atoms with Crippen molar-refractivity contribution in [3.63, 3.8) is 0 Å². The van der Waals surface area contributed by atoms with E-state index < -0.39 is 11.7 Å². The van der Waals surface area contributed by atoms with Gasteiger partial charge in [-0.15, -0.1) is 0 Å². The highest BCUT2D eigenvalue weighted by molar-refractivity contribution is 6.03. The quantitative estimate of drug-likeness (QED) is 0.804. The van der Waals surface area contributed by atoms with Crippen LogP contribution in [0, 0.1) is 17.1 Å². The van der Waals surface area contributed by atoms with Gasteiger partial charge in [-0.25, -0.2) is 9.37 Å². The molecular formula is C17H14FN5O. The van der Waals surface area contributed by atoms with E-state index in [-0.39, 0.29) is 16.9 Å². The number of rotatable bonds is 3. The lowest BCUT2D eigenvalue weighted by Gasteiger charge is -2.11. The summed E-state index contributed by atoms with van der Waals surface area (Å²) in [4.78, 5) is 18.5. The molecule has 0 spiro atoms. The van der Waals surface area contributed by atoms with Crippen molar-refractivity contribution in [2.45, 2.75) is 0 Å². The Hall–Kier alpha value is -3.40. The number of benzene rings is 1. The van der Waals surface area contributed by atoms with Crippen molar-refractivity contribution in [2.24, 2.45) is 0 Å². The summed E-state index contributed by atoms with van der Waals surface area (Å²) in [6, 6.07) is 9.21. The first-order chi connectivity index (χ1) is 11.5. The Morgan fingerprint density at radius 2 is 2.08 bits per heavy atom. The second kappa shape index (κ2) is 6.01. The molecule has 120 valence electrons. The zero-order valence-electron chi connectivity index (χ0n) is 13.1. The van der Waals surface area contributed by atoms with Crippen molar-refractivity contribution in [3.8, 4) is 6.07 Å². The van der Waals surface area contributed by atoms with E-state index in [4.69, 9.17) is 5.26 Å². The zero-order chi connectivity index (χ0) is 17.3. The van der Waals surface area contributed by atoms with Gasteiger partial charge in [-0.1, -0.05) is 0 Å². The molecule has 0 saturated carbocycles. The molecule has 7 heteroatoms. The number of nitriles is 1. The summed E-state index contributed by atoms with van der Waals surface area (Å²) in [5.74, 6) is -1.06. The Balaban J connectivity index is 1.89. The molecule has 2 heterocycles. The van der Waals surface area contributed by atoms with Crippen molar-refractivity contribution < 1.29 is 9.18 Å². The fourth-order valence-electron chi connectivity index (χ4n) is 2.28. The number of nitrogens with zero attached hydrogens (tertiary/aromatic N) is 4. The van der Waals surface area contributed by atoms with E-state index >= 15 is 0 Å². The minimum Gasteiger partial charge on any atom is -0.376 e. The Morgan fingerprint density at radius 3 is 2.79 bits per heavy atom.